The number of carbonyl (C=O) groups is 18. The molecule has 0 aromatic carbocycles. The normalized spacial score (nSPS) is 9.37. The number of anilines is 5. The van der Waals surface area contributed by atoms with Gasteiger partial charge in [0.15, 0.2) is 0 Å². The van der Waals surface area contributed by atoms with Crippen molar-refractivity contribution in [3.8, 4) is 0 Å². The lowest BCUT2D eigenvalue weighted by Gasteiger charge is -2.27. The zero-order valence-corrected chi connectivity index (χ0v) is 70.4. The molecule has 1 N–H and O–H groups in total. The van der Waals surface area contributed by atoms with Gasteiger partial charge in [-0.25, -0.2) is 4.79 Å². The van der Waals surface area contributed by atoms with Crippen molar-refractivity contribution in [1.29, 1.82) is 0 Å². The summed E-state index contributed by atoms with van der Waals surface area (Å²) in [7, 11) is 0. The lowest BCUT2D eigenvalue weighted by Crippen LogP contribution is -2.41. The van der Waals surface area contributed by atoms with Gasteiger partial charge in [-0.05, 0) is 150 Å². The molecule has 0 amide bonds. The smallest absolute Gasteiger partial charge is 0.361 e. The minimum absolute atomic E-state index is 0. The second kappa shape index (κ2) is 76.1. The number of ether oxygens (including phenoxy) is 9. The molecule has 3 aromatic heterocycles. The van der Waals surface area contributed by atoms with Crippen LogP contribution in [0.1, 0.15) is 116 Å². The molecule has 0 aliphatic carbocycles. The number of nitrogens with zero attached hydrogens (tertiary/aromatic N) is 14. The quantitative estimate of drug-likeness (QED) is 0.0368. The highest BCUT2D eigenvalue weighted by atomic mass is 35.5. The van der Waals surface area contributed by atoms with E-state index >= 15 is 0 Å². The summed E-state index contributed by atoms with van der Waals surface area (Å²) in [5, 5.41) is 2.34. The molecule has 3 heterocycles. The molecule has 0 bridgehead atoms. The third kappa shape index (κ3) is 64.5. The van der Waals surface area contributed by atoms with Crippen molar-refractivity contribution in [2.24, 2.45) is 0 Å². The topological polar surface area (TPSA) is 553 Å². The molecule has 0 unspecified atom stereocenters. The van der Waals surface area contributed by atoms with Crippen LogP contribution in [0.5, 0.6) is 0 Å². The van der Waals surface area contributed by atoms with E-state index in [2.05, 4.69) is 69.4 Å². The van der Waals surface area contributed by atoms with E-state index in [9.17, 15) is 67.1 Å². The summed E-state index contributed by atoms with van der Waals surface area (Å²) in [5.74, 6) is -7.57. The molecule has 0 saturated heterocycles. The predicted octanol–water partition coefficient (Wildman–Crippen LogP) is 2.59. The van der Waals surface area contributed by atoms with Gasteiger partial charge in [0.2, 0.25) is 50.9 Å². The zero-order valence-electron chi connectivity index (χ0n) is 66.5. The molecule has 115 heavy (non-hydrogen) atoms. The van der Waals surface area contributed by atoms with Crippen molar-refractivity contribution in [2.75, 3.05) is 169 Å². The minimum atomic E-state index is -0.897. The SMILES string of the molecule is C=O.C=O.C=O.C=O.CCOC(=O)CCCC(=O)OCC.CCOC(=O)CN(CC(C)=O)c1nc(Cl)nc(N(CC(=O)OCC)CC(=O)OCC)n1.CCOC(=O)CNCC(=O)OCC.CCOOC(=O)CN(CC(=O)OCC)c1nc(N(CC(C)=O)CC(C)=O)nc(N(CC(C)=O)CC(=O)OCC)n1.Cl.Clc1nc(Cl)nc(Cl)n1. The van der Waals surface area contributed by atoms with Crippen molar-refractivity contribution in [3.05, 3.63) is 21.1 Å². The molecule has 0 aliphatic heterocycles. The molecule has 49 heteroatoms. The van der Waals surface area contributed by atoms with Crippen LogP contribution in [0.15, 0.2) is 0 Å². The summed E-state index contributed by atoms with van der Waals surface area (Å²) in [4.78, 5) is 247. The van der Waals surface area contributed by atoms with Gasteiger partial charge in [0.1, 0.15) is 89.6 Å². The highest BCUT2D eigenvalue weighted by Crippen LogP contribution is 2.22. The summed E-state index contributed by atoms with van der Waals surface area (Å²) in [6.07, 6.45) is 1.07. The number of esters is 9. The van der Waals surface area contributed by atoms with Crippen molar-refractivity contribution >= 4 is 199 Å². The average Bonchev–Trinajstić information content (AvgIpc) is 0.814. The van der Waals surface area contributed by atoms with Gasteiger partial charge in [-0.15, -0.1) is 12.4 Å². The lowest BCUT2D eigenvalue weighted by atomic mass is 10.2. The van der Waals surface area contributed by atoms with Crippen LogP contribution in [0.3, 0.4) is 0 Å². The molecule has 3 aromatic rings. The van der Waals surface area contributed by atoms with Crippen molar-refractivity contribution in [3.63, 3.8) is 0 Å². The number of nitrogens with one attached hydrogen (secondary N) is 1. The van der Waals surface area contributed by atoms with Crippen molar-refractivity contribution in [2.45, 2.75) is 116 Å². The molecule has 0 saturated carbocycles. The lowest BCUT2D eigenvalue weighted by molar-refractivity contribution is -0.268. The van der Waals surface area contributed by atoms with E-state index in [0.717, 1.165) is 4.90 Å². The summed E-state index contributed by atoms with van der Waals surface area (Å²) in [6, 6.07) is 0. The second-order valence-electron chi connectivity index (χ2n) is 20.2. The highest BCUT2D eigenvalue weighted by Gasteiger charge is 2.29. The van der Waals surface area contributed by atoms with Gasteiger partial charge in [-0.1, -0.05) is 0 Å². The molecule has 0 spiro atoms. The molecule has 0 radical (unpaired) electrons. The van der Waals surface area contributed by atoms with Gasteiger partial charge in [-0.2, -0.15) is 49.7 Å². The molecule has 0 aliphatic rings. The first-order chi connectivity index (χ1) is 54.2. The Labute approximate surface area is 690 Å². The molecule has 44 nitrogen and oxygen atoms in total. The van der Waals surface area contributed by atoms with E-state index in [-0.39, 0.29) is 222 Å². The Balaban J connectivity index is -0.000000272. The molecular weight excluding hydrogens is 1640 g/mol. The van der Waals surface area contributed by atoms with Gasteiger partial charge in [0, 0.05) is 12.8 Å². The van der Waals surface area contributed by atoms with Gasteiger partial charge in [0.25, 0.3) is 0 Å². The van der Waals surface area contributed by atoms with Crippen LogP contribution >= 0.6 is 58.8 Å². The van der Waals surface area contributed by atoms with Crippen LogP contribution in [0.2, 0.25) is 21.1 Å². The summed E-state index contributed by atoms with van der Waals surface area (Å²) in [5.41, 5.74) is 0. The molecule has 3 rings (SSSR count). The fourth-order valence-corrected chi connectivity index (χ4v) is 8.16. The average molecular weight is 1750 g/mol. The van der Waals surface area contributed by atoms with E-state index in [1.165, 1.54) is 47.3 Å². The van der Waals surface area contributed by atoms with Gasteiger partial charge >= 0.3 is 59.7 Å². The molecular formula is C66H102Cl5N15O29. The standard InChI is InChI=1S/C24H36N6O10.C18H26ClN5O7.C9H16O4.C8H15NO4.C3Cl3N3.4CH2O.ClH/c1-7-37-19(34)13-29(12-18(6)33)23-25-22(28(10-16(4)31)11-17(5)32)26-24(27-23)30(14-20(35)38-8-2)15-21(36)40-39-9-3;1-5-29-13(26)9-23(8-12(4)25)17-20-16(19)21-18(22-17)24(10-14(27)30-6-2)11-15(28)31-7-3;1-3-12-8(10)6-5-7-9(11)13-4-2;1-3-12-7(10)5-9-6-8(11)13-4-2;4-1-7-2(5)9-3(6)8-1;4*1-2;/h7-15H2,1-6H3;5-11H2,1-4H3;3-7H2,1-2H3;9H,3-6H2,1-2H3;;4*1H2;1H. The summed E-state index contributed by atoms with van der Waals surface area (Å²) < 4.78 is 43.4. The fourth-order valence-electron chi connectivity index (χ4n) is 7.40. The van der Waals surface area contributed by atoms with Crippen molar-refractivity contribution in [1.82, 2.24) is 50.2 Å². The van der Waals surface area contributed by atoms with Crippen LogP contribution in [-0.2, 0) is 139 Å². The Kier molecular flexibility index (Phi) is 77.9. The number of aromatic nitrogens is 9. The highest BCUT2D eigenvalue weighted by molar-refractivity contribution is 6.33. The fraction of sp³-hybridized carbons (Fsp3) is 0.591. The van der Waals surface area contributed by atoms with Crippen LogP contribution < -0.4 is 29.8 Å². The first kappa shape index (κ1) is 118. The van der Waals surface area contributed by atoms with Crippen LogP contribution in [0, 0.1) is 0 Å². The van der Waals surface area contributed by atoms with E-state index in [4.69, 9.17) is 98.7 Å². The molecule has 0 atom stereocenters. The number of carbonyl (C=O) groups excluding carboxylic acids is 18. The minimum Gasteiger partial charge on any atom is -0.466 e. The Morgan fingerprint density at radius 3 is 0.696 bits per heavy atom. The Morgan fingerprint density at radius 1 is 0.278 bits per heavy atom. The third-order valence-electron chi connectivity index (χ3n) is 11.0. The van der Waals surface area contributed by atoms with E-state index in [0.29, 0.717) is 32.8 Å². The van der Waals surface area contributed by atoms with E-state index in [1.807, 2.05) is 27.2 Å². The van der Waals surface area contributed by atoms with E-state index in [1.54, 1.807) is 69.2 Å². The maximum absolute atomic E-state index is 12.4. The maximum Gasteiger partial charge on any atom is 0.361 e. The van der Waals surface area contributed by atoms with Crippen LogP contribution in [0.4, 0.5) is 29.7 Å². The zero-order chi connectivity index (χ0) is 88.7. The number of Topliss-reactive ketones (excluding diaryl/α,β-unsaturated/α-hetero) is 4. The van der Waals surface area contributed by atoms with Crippen LogP contribution in [-0.4, -0.2) is 299 Å². The first-order valence-corrected chi connectivity index (χ1v) is 35.4. The number of halogens is 5. The largest absolute Gasteiger partial charge is 0.466 e. The number of hydrogen-bond acceptors (Lipinski definition) is 44. The van der Waals surface area contributed by atoms with E-state index < -0.39 is 55.5 Å². The molecule has 650 valence electrons. The van der Waals surface area contributed by atoms with Gasteiger partial charge in [0.05, 0.1) is 105 Å². The number of hydrogen-bond donors (Lipinski definition) is 1. The Hall–Kier alpha value is -10.5. The predicted molar refractivity (Wildman–Crippen MR) is 413 cm³/mol. The van der Waals surface area contributed by atoms with Crippen LogP contribution in [0.25, 0.3) is 0 Å². The Bertz CT molecular complexity index is 3220. The Morgan fingerprint density at radius 2 is 0.470 bits per heavy atom. The summed E-state index contributed by atoms with van der Waals surface area (Å²) in [6.45, 7) is 28.5. The van der Waals surface area contributed by atoms with Gasteiger partial charge in [-0.3, -0.25) is 72.5 Å². The van der Waals surface area contributed by atoms with Gasteiger partial charge < -0.3 is 86.3 Å². The molecule has 0 fully saturated rings. The maximum atomic E-state index is 12.4. The monoisotopic (exact) mass is 1740 g/mol. The number of ketones is 4. The summed E-state index contributed by atoms with van der Waals surface area (Å²) >= 11 is 22.0. The third-order valence-corrected chi connectivity index (χ3v) is 11.7. The number of rotatable bonds is 44. The van der Waals surface area contributed by atoms with Crippen molar-refractivity contribution < 1.29 is 139 Å². The first-order valence-electron chi connectivity index (χ1n) is 33.9. The second-order valence-corrected chi connectivity index (χ2v) is 21.6.